The lowest BCUT2D eigenvalue weighted by atomic mass is 10.1. The molecule has 0 N–H and O–H groups in total. The van der Waals surface area contributed by atoms with Gasteiger partial charge in [0.2, 0.25) is 5.95 Å². The molecule has 8 aromatic carbocycles. The van der Waals surface area contributed by atoms with Crippen molar-refractivity contribution in [3.8, 4) is 40.1 Å². The Morgan fingerprint density at radius 1 is 0.397 bits per heavy atom. The second-order valence-electron chi connectivity index (χ2n) is 13.5. The Kier molecular flexibility index (Phi) is 4.00. The minimum atomic E-state index is -0.825. The Labute approximate surface area is 361 Å². The number of hydrogen-bond donors (Lipinski definition) is 0. The van der Waals surface area contributed by atoms with Gasteiger partial charge in [0, 0.05) is 54.8 Å². The number of benzene rings is 8. The molecule has 0 atom stereocenters. The molecule has 6 nitrogen and oxygen atoms in total. The lowest BCUT2D eigenvalue weighted by Gasteiger charge is -2.12. The standard InChI is InChI=1S/C52H34N6/c1-33-25-28-46-41(29-33)40-27-26-37(30-47(40)56(46)36-19-9-4-10-20-36)57-44-23-13-11-21-38(44)42-31-43-39-22-12-14-24-45(39)58(49(43)32-48(42)57)52-54-50(34-15-5-2-6-16-34)53-51(55-52)35-17-7-3-8-18-35/h2-32H,1H3/i2D,3D,5D,6D,7D,8D,11D,12D,13D,14D,15D,16D,17D,18D,21D,22D,23D,24D,31D,32D. The van der Waals surface area contributed by atoms with E-state index in [2.05, 4.69) is 15.0 Å². The van der Waals surface area contributed by atoms with E-state index in [1.807, 2.05) is 66.1 Å². The van der Waals surface area contributed by atoms with Crippen LogP contribution in [0, 0.1) is 6.92 Å². The summed E-state index contributed by atoms with van der Waals surface area (Å²) in [5, 5.41) is 0.594. The maximum atomic E-state index is 10.5. The van der Waals surface area contributed by atoms with Crippen LogP contribution in [0.25, 0.3) is 106 Å². The first-order valence-electron chi connectivity index (χ1n) is 28.0. The molecule has 0 aliphatic heterocycles. The molecule has 4 aromatic heterocycles. The van der Waals surface area contributed by atoms with E-state index < -0.39 is 161 Å². The molecule has 58 heavy (non-hydrogen) atoms. The summed E-state index contributed by atoms with van der Waals surface area (Å²) in [6.45, 7) is 1.96. The van der Waals surface area contributed by atoms with Crippen LogP contribution in [0.1, 0.15) is 33.0 Å². The number of aromatic nitrogens is 6. The van der Waals surface area contributed by atoms with Crippen LogP contribution in [-0.2, 0) is 0 Å². The normalized spacial score (nSPS) is 16.7. The zero-order valence-corrected chi connectivity index (χ0v) is 30.0. The Morgan fingerprint density at radius 2 is 0.983 bits per heavy atom. The number of fused-ring (bicyclic) bond motifs is 9. The highest BCUT2D eigenvalue weighted by Gasteiger charge is 2.22. The van der Waals surface area contributed by atoms with Gasteiger partial charge in [-0.3, -0.25) is 4.57 Å². The first-order chi connectivity index (χ1) is 37.0. The van der Waals surface area contributed by atoms with Gasteiger partial charge in [0.05, 0.1) is 60.5 Å². The van der Waals surface area contributed by atoms with Gasteiger partial charge in [-0.1, -0.05) is 133 Å². The molecule has 272 valence electrons. The van der Waals surface area contributed by atoms with Crippen molar-refractivity contribution in [2.45, 2.75) is 6.92 Å². The van der Waals surface area contributed by atoms with Crippen molar-refractivity contribution in [2.24, 2.45) is 0 Å². The monoisotopic (exact) mass is 762 g/mol. The van der Waals surface area contributed by atoms with E-state index in [1.165, 1.54) is 4.57 Å². The maximum absolute atomic E-state index is 10.5. The Hall–Kier alpha value is -7.83. The summed E-state index contributed by atoms with van der Waals surface area (Å²) in [6, 6.07) is 6.05. The molecule has 0 aliphatic carbocycles. The largest absolute Gasteiger partial charge is 0.309 e. The van der Waals surface area contributed by atoms with Crippen LogP contribution in [0.15, 0.2) is 188 Å². The van der Waals surface area contributed by atoms with Gasteiger partial charge in [-0.05, 0) is 67.5 Å². The molecule has 0 saturated heterocycles. The van der Waals surface area contributed by atoms with Crippen LogP contribution < -0.4 is 0 Å². The molecule has 12 rings (SSSR count). The van der Waals surface area contributed by atoms with Gasteiger partial charge in [-0.2, -0.15) is 9.97 Å². The third kappa shape index (κ3) is 4.88. The van der Waals surface area contributed by atoms with E-state index in [0.717, 1.165) is 32.1 Å². The molecule has 0 radical (unpaired) electrons. The van der Waals surface area contributed by atoms with E-state index in [1.54, 1.807) is 12.1 Å². The number of rotatable bonds is 5. The fraction of sp³-hybridized carbons (Fsp3) is 0.0192. The van der Waals surface area contributed by atoms with Crippen LogP contribution in [0.3, 0.4) is 0 Å². The fourth-order valence-electron chi connectivity index (χ4n) is 7.70. The summed E-state index contributed by atoms with van der Waals surface area (Å²) in [5.41, 5.74) is 1.03. The quantitative estimate of drug-likeness (QED) is 0.175. The van der Waals surface area contributed by atoms with Crippen LogP contribution in [0.2, 0.25) is 0 Å². The number of hydrogen-bond acceptors (Lipinski definition) is 3. The highest BCUT2D eigenvalue weighted by atomic mass is 15.2. The summed E-state index contributed by atoms with van der Waals surface area (Å²) in [7, 11) is 0. The molecule has 0 spiro atoms. The minimum Gasteiger partial charge on any atom is -0.309 e. The maximum Gasteiger partial charge on any atom is 0.238 e. The van der Waals surface area contributed by atoms with Crippen molar-refractivity contribution in [2.75, 3.05) is 0 Å². The number of aryl methyl sites for hydroxylation is 1. The van der Waals surface area contributed by atoms with Crippen LogP contribution in [0.5, 0.6) is 0 Å². The summed E-state index contributed by atoms with van der Waals surface area (Å²) in [5.74, 6) is -2.16. The van der Waals surface area contributed by atoms with Crippen LogP contribution in [0.4, 0.5) is 0 Å². The van der Waals surface area contributed by atoms with Crippen molar-refractivity contribution >= 4 is 65.4 Å². The van der Waals surface area contributed by atoms with Gasteiger partial charge >= 0.3 is 0 Å². The summed E-state index contributed by atoms with van der Waals surface area (Å²) >= 11 is 0. The van der Waals surface area contributed by atoms with Crippen molar-refractivity contribution < 1.29 is 27.4 Å². The van der Waals surface area contributed by atoms with Crippen LogP contribution >= 0.6 is 0 Å². The lowest BCUT2D eigenvalue weighted by Crippen LogP contribution is -2.06. The molecular weight excluding hydrogens is 709 g/mol. The summed E-state index contributed by atoms with van der Waals surface area (Å²) < 4.78 is 185. The van der Waals surface area contributed by atoms with Gasteiger partial charge in [0.1, 0.15) is 0 Å². The molecule has 6 heteroatoms. The summed E-state index contributed by atoms with van der Waals surface area (Å²) in [4.78, 5) is 13.5. The van der Waals surface area contributed by atoms with E-state index in [0.29, 0.717) is 5.52 Å². The van der Waals surface area contributed by atoms with Crippen molar-refractivity contribution in [1.29, 1.82) is 0 Å². The summed E-state index contributed by atoms with van der Waals surface area (Å²) in [6.07, 6.45) is 0. The van der Waals surface area contributed by atoms with Crippen molar-refractivity contribution in [1.82, 2.24) is 28.7 Å². The topological polar surface area (TPSA) is 53.5 Å². The third-order valence-electron chi connectivity index (χ3n) is 10.1. The van der Waals surface area contributed by atoms with Gasteiger partial charge in [-0.15, -0.1) is 0 Å². The van der Waals surface area contributed by atoms with Crippen molar-refractivity contribution in [3.63, 3.8) is 0 Å². The molecule has 0 saturated carbocycles. The van der Waals surface area contributed by atoms with E-state index in [-0.39, 0.29) is 38.3 Å². The Bertz CT molecular complexity index is 4610. The SMILES string of the molecule is [2H]c1c([2H])c([2H])c(-c2nc(-c3c([2H])c([2H])c([2H])c([2H])c3[2H])nc(-n3c4c([2H])c([2H])c([2H])c([2H])c4c4c([2H])c5c6c([2H])c([2H])c([2H])c([2H])c6n(-c6ccc7c8cc(C)ccc8n(-c8ccccc8)c7c6)c5c([2H])c43)n2)c([2H])c1[2H]. The minimum absolute atomic E-state index is 0.145. The lowest BCUT2D eigenvalue weighted by molar-refractivity contribution is 0.953. The van der Waals surface area contributed by atoms with E-state index >= 15 is 0 Å². The molecular formula is C52H34N6. The molecule has 0 unspecified atom stereocenters. The van der Waals surface area contributed by atoms with Gasteiger partial charge in [-0.25, -0.2) is 4.98 Å². The van der Waals surface area contributed by atoms with Gasteiger partial charge < -0.3 is 9.13 Å². The van der Waals surface area contributed by atoms with Crippen molar-refractivity contribution in [3.05, 3.63) is 193 Å². The predicted molar refractivity (Wildman–Crippen MR) is 238 cm³/mol. The van der Waals surface area contributed by atoms with Gasteiger partial charge in [0.25, 0.3) is 0 Å². The molecule has 0 amide bonds. The average molecular weight is 763 g/mol. The first kappa shape index (κ1) is 18.4. The number of nitrogens with zero attached hydrogens (tertiary/aromatic N) is 6. The zero-order chi connectivity index (χ0) is 55.7. The predicted octanol–water partition coefficient (Wildman–Crippen LogP) is 12.8. The highest BCUT2D eigenvalue weighted by molar-refractivity contribution is 6.19. The molecule has 0 fully saturated rings. The molecule has 0 bridgehead atoms. The Balaban J connectivity index is 1.32. The molecule has 12 aromatic rings. The average Bonchev–Trinajstić information content (AvgIpc) is 4.31. The Morgan fingerprint density at radius 3 is 1.66 bits per heavy atom. The second-order valence-corrected chi connectivity index (χ2v) is 13.5. The van der Waals surface area contributed by atoms with E-state index in [9.17, 15) is 8.22 Å². The highest BCUT2D eigenvalue weighted by Crippen LogP contribution is 2.41. The second kappa shape index (κ2) is 12.6. The zero-order valence-electron chi connectivity index (χ0n) is 50.0. The van der Waals surface area contributed by atoms with Gasteiger partial charge in [0.15, 0.2) is 11.6 Å². The fourth-order valence-corrected chi connectivity index (χ4v) is 7.70. The molecule has 4 heterocycles. The van der Waals surface area contributed by atoms with E-state index in [4.69, 9.17) is 19.2 Å². The first-order valence-corrected chi connectivity index (χ1v) is 18.0. The number of para-hydroxylation sites is 3. The smallest absolute Gasteiger partial charge is 0.238 e. The molecule has 0 aliphatic rings. The third-order valence-corrected chi connectivity index (χ3v) is 10.1. The van der Waals surface area contributed by atoms with Crippen LogP contribution in [-0.4, -0.2) is 28.7 Å².